The van der Waals surface area contributed by atoms with Gasteiger partial charge in [0.05, 0.1) is 5.60 Å². The summed E-state index contributed by atoms with van der Waals surface area (Å²) in [6, 6.07) is 0. The Morgan fingerprint density at radius 2 is 1.53 bits per heavy atom. The molecule has 2 heteroatoms. The van der Waals surface area contributed by atoms with Crippen LogP contribution in [0.4, 0.5) is 0 Å². The number of ether oxygens (including phenoxy) is 1. The molecule has 0 aliphatic heterocycles. The normalized spacial score (nSPS) is 12.0. The van der Waals surface area contributed by atoms with Crippen LogP contribution in [0.1, 0.15) is 72.6 Å². The van der Waals surface area contributed by atoms with Crippen LogP contribution in [-0.2, 0) is 4.74 Å². The Kier molecular flexibility index (Phi) is 11.0. The smallest absolute Gasteiger partial charge is 0.0750 e. The lowest BCUT2D eigenvalue weighted by molar-refractivity contribution is -0.0179. The standard InChI is InChI=1S/C15H33NO/c1-5-7-8-9-10-11-13-17-15(3,4)14-16-12-6-2/h16H,5-14H2,1-4H3. The van der Waals surface area contributed by atoms with E-state index in [9.17, 15) is 0 Å². The van der Waals surface area contributed by atoms with E-state index in [1.807, 2.05) is 0 Å². The topological polar surface area (TPSA) is 21.3 Å². The van der Waals surface area contributed by atoms with E-state index in [4.69, 9.17) is 4.74 Å². The van der Waals surface area contributed by atoms with E-state index >= 15 is 0 Å². The third kappa shape index (κ3) is 12.2. The van der Waals surface area contributed by atoms with Gasteiger partial charge in [0.1, 0.15) is 0 Å². The van der Waals surface area contributed by atoms with E-state index in [2.05, 4.69) is 33.0 Å². The van der Waals surface area contributed by atoms with Crippen molar-refractivity contribution in [2.45, 2.75) is 78.2 Å². The van der Waals surface area contributed by atoms with Crippen LogP contribution in [0.3, 0.4) is 0 Å². The number of nitrogens with one attached hydrogen (secondary N) is 1. The second kappa shape index (κ2) is 11.0. The van der Waals surface area contributed by atoms with Crippen LogP contribution in [0.5, 0.6) is 0 Å². The molecule has 0 bridgehead atoms. The Bertz CT molecular complexity index is 157. The SMILES string of the molecule is CCCCCCCCOC(C)(C)CNCCC. The Morgan fingerprint density at radius 3 is 2.18 bits per heavy atom. The van der Waals surface area contributed by atoms with Crippen LogP contribution in [0.2, 0.25) is 0 Å². The fraction of sp³-hybridized carbons (Fsp3) is 1.00. The van der Waals surface area contributed by atoms with Crippen LogP contribution in [0, 0.1) is 0 Å². The van der Waals surface area contributed by atoms with Gasteiger partial charge in [-0.15, -0.1) is 0 Å². The summed E-state index contributed by atoms with van der Waals surface area (Å²) >= 11 is 0. The van der Waals surface area contributed by atoms with E-state index in [0.29, 0.717) is 0 Å². The third-order valence-corrected chi connectivity index (χ3v) is 2.97. The number of unbranched alkanes of at least 4 members (excludes halogenated alkanes) is 5. The van der Waals surface area contributed by atoms with Crippen molar-refractivity contribution >= 4 is 0 Å². The molecule has 0 heterocycles. The number of hydrogen-bond acceptors (Lipinski definition) is 2. The van der Waals surface area contributed by atoms with Gasteiger partial charge in [-0.3, -0.25) is 0 Å². The summed E-state index contributed by atoms with van der Waals surface area (Å²) in [7, 11) is 0. The zero-order valence-electron chi connectivity index (χ0n) is 12.5. The molecule has 0 aliphatic carbocycles. The molecule has 0 fully saturated rings. The molecule has 0 atom stereocenters. The quantitative estimate of drug-likeness (QED) is 0.520. The maximum absolute atomic E-state index is 5.92. The minimum Gasteiger partial charge on any atom is -0.374 e. The molecule has 0 aromatic heterocycles. The van der Waals surface area contributed by atoms with Crippen LogP contribution >= 0.6 is 0 Å². The second-order valence-corrected chi connectivity index (χ2v) is 5.55. The van der Waals surface area contributed by atoms with Gasteiger partial charge in [0.25, 0.3) is 0 Å². The van der Waals surface area contributed by atoms with E-state index in [-0.39, 0.29) is 5.60 Å². The Labute approximate surface area is 109 Å². The molecule has 17 heavy (non-hydrogen) atoms. The molecule has 0 saturated carbocycles. The highest BCUT2D eigenvalue weighted by molar-refractivity contribution is 4.71. The summed E-state index contributed by atoms with van der Waals surface area (Å²) in [6.45, 7) is 11.7. The minimum absolute atomic E-state index is 0.0153. The van der Waals surface area contributed by atoms with Gasteiger partial charge in [-0.2, -0.15) is 0 Å². The fourth-order valence-electron chi connectivity index (χ4n) is 1.85. The molecule has 0 unspecified atom stereocenters. The highest BCUT2D eigenvalue weighted by atomic mass is 16.5. The van der Waals surface area contributed by atoms with Crippen molar-refractivity contribution in [3.63, 3.8) is 0 Å². The van der Waals surface area contributed by atoms with Crippen LogP contribution in [-0.4, -0.2) is 25.3 Å². The zero-order valence-corrected chi connectivity index (χ0v) is 12.5. The first kappa shape index (κ1) is 16.9. The van der Waals surface area contributed by atoms with Crippen molar-refractivity contribution in [2.24, 2.45) is 0 Å². The van der Waals surface area contributed by atoms with Crippen molar-refractivity contribution < 1.29 is 4.74 Å². The van der Waals surface area contributed by atoms with Crippen LogP contribution in [0.15, 0.2) is 0 Å². The number of hydrogen-bond donors (Lipinski definition) is 1. The Balaban J connectivity index is 3.32. The van der Waals surface area contributed by atoms with Gasteiger partial charge in [0, 0.05) is 13.2 Å². The van der Waals surface area contributed by atoms with Gasteiger partial charge < -0.3 is 10.1 Å². The zero-order chi connectivity index (χ0) is 13.0. The predicted octanol–water partition coefficient (Wildman–Crippen LogP) is 4.14. The molecule has 1 N–H and O–H groups in total. The first-order valence-corrected chi connectivity index (χ1v) is 7.47. The summed E-state index contributed by atoms with van der Waals surface area (Å²) in [5.74, 6) is 0. The summed E-state index contributed by atoms with van der Waals surface area (Å²) in [5, 5.41) is 3.42. The maximum Gasteiger partial charge on any atom is 0.0750 e. The highest BCUT2D eigenvalue weighted by Gasteiger charge is 2.16. The van der Waals surface area contributed by atoms with Crippen molar-refractivity contribution in [2.75, 3.05) is 19.7 Å². The molecule has 0 spiro atoms. The van der Waals surface area contributed by atoms with Gasteiger partial charge in [0.2, 0.25) is 0 Å². The minimum atomic E-state index is -0.0153. The monoisotopic (exact) mass is 243 g/mol. The average molecular weight is 243 g/mol. The molecule has 2 nitrogen and oxygen atoms in total. The molecule has 104 valence electrons. The second-order valence-electron chi connectivity index (χ2n) is 5.55. The van der Waals surface area contributed by atoms with Crippen LogP contribution < -0.4 is 5.32 Å². The molecule has 0 radical (unpaired) electrons. The molecular formula is C15H33NO. The summed E-state index contributed by atoms with van der Waals surface area (Å²) < 4.78 is 5.92. The molecule has 0 aliphatic rings. The third-order valence-electron chi connectivity index (χ3n) is 2.97. The largest absolute Gasteiger partial charge is 0.374 e. The highest BCUT2D eigenvalue weighted by Crippen LogP contribution is 2.10. The molecular weight excluding hydrogens is 210 g/mol. The first-order chi connectivity index (χ1) is 8.12. The van der Waals surface area contributed by atoms with Crippen LogP contribution in [0.25, 0.3) is 0 Å². The first-order valence-electron chi connectivity index (χ1n) is 7.47. The van der Waals surface area contributed by atoms with Gasteiger partial charge >= 0.3 is 0 Å². The van der Waals surface area contributed by atoms with Crippen molar-refractivity contribution in [1.82, 2.24) is 5.32 Å². The lowest BCUT2D eigenvalue weighted by atomic mass is 10.1. The van der Waals surface area contributed by atoms with Gasteiger partial charge in [-0.25, -0.2) is 0 Å². The fourth-order valence-corrected chi connectivity index (χ4v) is 1.85. The molecule has 0 rings (SSSR count). The van der Waals surface area contributed by atoms with Gasteiger partial charge in [-0.05, 0) is 33.2 Å². The van der Waals surface area contributed by atoms with Crippen molar-refractivity contribution in [3.05, 3.63) is 0 Å². The molecule has 0 aromatic carbocycles. The summed E-state index contributed by atoms with van der Waals surface area (Å²) in [4.78, 5) is 0. The molecule has 0 aromatic rings. The summed E-state index contributed by atoms with van der Waals surface area (Å²) in [6.07, 6.45) is 9.18. The number of rotatable bonds is 12. The van der Waals surface area contributed by atoms with E-state index in [1.54, 1.807) is 0 Å². The average Bonchev–Trinajstić information content (AvgIpc) is 2.28. The van der Waals surface area contributed by atoms with Crippen molar-refractivity contribution in [1.29, 1.82) is 0 Å². The lowest BCUT2D eigenvalue weighted by Gasteiger charge is -2.25. The Hall–Kier alpha value is -0.0800. The summed E-state index contributed by atoms with van der Waals surface area (Å²) in [5.41, 5.74) is -0.0153. The van der Waals surface area contributed by atoms with Gasteiger partial charge in [0.15, 0.2) is 0 Å². The van der Waals surface area contributed by atoms with E-state index in [1.165, 1.54) is 44.9 Å². The van der Waals surface area contributed by atoms with E-state index in [0.717, 1.165) is 19.7 Å². The lowest BCUT2D eigenvalue weighted by Crippen LogP contribution is -2.38. The van der Waals surface area contributed by atoms with Gasteiger partial charge in [-0.1, -0.05) is 46.0 Å². The van der Waals surface area contributed by atoms with Crippen molar-refractivity contribution in [3.8, 4) is 0 Å². The maximum atomic E-state index is 5.92. The van der Waals surface area contributed by atoms with E-state index < -0.39 is 0 Å². The Morgan fingerprint density at radius 1 is 0.882 bits per heavy atom. The molecule has 0 saturated heterocycles. The predicted molar refractivity (Wildman–Crippen MR) is 76.6 cm³/mol. The molecule has 0 amide bonds.